The first kappa shape index (κ1) is 13.8. The molecule has 4 nitrogen and oxygen atoms in total. The number of fused-ring (bicyclic) bond motifs is 1. The molecule has 0 bridgehead atoms. The molecule has 2 aromatic heterocycles. The number of nitrogens with one attached hydrogen (secondary N) is 1. The van der Waals surface area contributed by atoms with E-state index in [1.807, 2.05) is 37.6 Å². The second-order valence-electron chi connectivity index (χ2n) is 5.59. The number of imidazole rings is 1. The zero-order valence-corrected chi connectivity index (χ0v) is 12.7. The maximum Gasteiger partial charge on any atom is 0.100 e. The third-order valence-corrected chi connectivity index (χ3v) is 3.51. The monoisotopic (exact) mass is 280 g/mol. The van der Waals surface area contributed by atoms with Crippen molar-refractivity contribution in [2.24, 2.45) is 0 Å². The summed E-state index contributed by atoms with van der Waals surface area (Å²) in [6.07, 6.45) is 3.84. The molecule has 108 valence electrons. The Kier molecular flexibility index (Phi) is 3.71. The standard InChI is InChI=1S/C17H20N4/c1-12(2)18-9-14-10-19-13(3)8-17(14)21-11-20-15-6-4-5-7-16(15)21/h4-8,10-12,18H,9H2,1-3H3. The molecule has 0 unspecified atom stereocenters. The predicted molar refractivity (Wildman–Crippen MR) is 85.6 cm³/mol. The molecule has 1 aromatic carbocycles. The van der Waals surface area contributed by atoms with E-state index in [9.17, 15) is 0 Å². The Balaban J connectivity index is 2.10. The normalized spacial score (nSPS) is 11.4. The summed E-state index contributed by atoms with van der Waals surface area (Å²) in [5.74, 6) is 0. The summed E-state index contributed by atoms with van der Waals surface area (Å²) in [6.45, 7) is 7.11. The Morgan fingerprint density at radius 3 is 2.81 bits per heavy atom. The lowest BCUT2D eigenvalue weighted by Gasteiger charge is -2.14. The fourth-order valence-corrected chi connectivity index (χ4v) is 2.40. The van der Waals surface area contributed by atoms with Gasteiger partial charge in [0.1, 0.15) is 6.33 Å². The van der Waals surface area contributed by atoms with Crippen molar-refractivity contribution in [3.63, 3.8) is 0 Å². The van der Waals surface area contributed by atoms with E-state index in [2.05, 4.69) is 45.8 Å². The van der Waals surface area contributed by atoms with Crippen LogP contribution in [0.3, 0.4) is 0 Å². The van der Waals surface area contributed by atoms with Crippen LogP contribution in [0.1, 0.15) is 25.1 Å². The molecule has 0 saturated heterocycles. The van der Waals surface area contributed by atoms with Gasteiger partial charge in [0, 0.05) is 30.0 Å². The van der Waals surface area contributed by atoms with Gasteiger partial charge in [0.2, 0.25) is 0 Å². The smallest absolute Gasteiger partial charge is 0.100 e. The number of aromatic nitrogens is 3. The van der Waals surface area contributed by atoms with Gasteiger partial charge in [-0.3, -0.25) is 9.55 Å². The summed E-state index contributed by atoms with van der Waals surface area (Å²) in [6, 6.07) is 10.7. The molecule has 21 heavy (non-hydrogen) atoms. The Labute approximate surface area is 124 Å². The van der Waals surface area contributed by atoms with Crippen LogP contribution in [0, 0.1) is 6.92 Å². The quantitative estimate of drug-likeness (QED) is 0.798. The summed E-state index contributed by atoms with van der Waals surface area (Å²) < 4.78 is 2.14. The highest BCUT2D eigenvalue weighted by molar-refractivity contribution is 5.77. The summed E-state index contributed by atoms with van der Waals surface area (Å²) in [4.78, 5) is 8.92. The van der Waals surface area contributed by atoms with Crippen molar-refractivity contribution in [2.45, 2.75) is 33.4 Å². The second kappa shape index (κ2) is 5.66. The molecule has 0 atom stereocenters. The zero-order valence-electron chi connectivity index (χ0n) is 12.7. The van der Waals surface area contributed by atoms with Gasteiger partial charge in [-0.25, -0.2) is 4.98 Å². The lowest BCUT2D eigenvalue weighted by atomic mass is 10.2. The van der Waals surface area contributed by atoms with Crippen LogP contribution < -0.4 is 5.32 Å². The first-order valence-electron chi connectivity index (χ1n) is 7.26. The van der Waals surface area contributed by atoms with Crippen LogP contribution in [0.5, 0.6) is 0 Å². The third kappa shape index (κ3) is 2.81. The van der Waals surface area contributed by atoms with Gasteiger partial charge >= 0.3 is 0 Å². The minimum Gasteiger partial charge on any atom is -0.310 e. The molecule has 0 saturated carbocycles. The van der Waals surface area contributed by atoms with E-state index in [4.69, 9.17) is 0 Å². The number of hydrogen-bond acceptors (Lipinski definition) is 3. The molecule has 0 radical (unpaired) electrons. The van der Waals surface area contributed by atoms with Gasteiger partial charge in [0.05, 0.1) is 16.7 Å². The summed E-state index contributed by atoms with van der Waals surface area (Å²) in [5.41, 5.74) is 5.46. The molecule has 2 heterocycles. The van der Waals surface area contributed by atoms with Gasteiger partial charge in [0.15, 0.2) is 0 Å². The number of benzene rings is 1. The van der Waals surface area contributed by atoms with Crippen LogP contribution in [0.4, 0.5) is 0 Å². The molecular formula is C17H20N4. The van der Waals surface area contributed by atoms with Crippen LogP contribution in [0.25, 0.3) is 16.7 Å². The van der Waals surface area contributed by atoms with Gasteiger partial charge in [-0.1, -0.05) is 26.0 Å². The SMILES string of the molecule is Cc1cc(-n2cnc3ccccc32)c(CNC(C)C)cn1. The summed E-state index contributed by atoms with van der Waals surface area (Å²) >= 11 is 0. The van der Waals surface area contributed by atoms with E-state index in [0.717, 1.165) is 29.0 Å². The topological polar surface area (TPSA) is 42.7 Å². The maximum absolute atomic E-state index is 4.48. The lowest BCUT2D eigenvalue weighted by Crippen LogP contribution is -2.22. The Bertz CT molecular complexity index is 758. The molecule has 0 amide bonds. The average Bonchev–Trinajstić information content (AvgIpc) is 2.89. The van der Waals surface area contributed by atoms with E-state index in [1.54, 1.807) is 0 Å². The first-order valence-corrected chi connectivity index (χ1v) is 7.26. The Morgan fingerprint density at radius 1 is 1.19 bits per heavy atom. The van der Waals surface area contributed by atoms with Crippen LogP contribution >= 0.6 is 0 Å². The highest BCUT2D eigenvalue weighted by Crippen LogP contribution is 2.21. The number of rotatable bonds is 4. The molecule has 0 aliphatic rings. The van der Waals surface area contributed by atoms with E-state index < -0.39 is 0 Å². The largest absolute Gasteiger partial charge is 0.310 e. The molecule has 0 fully saturated rings. The van der Waals surface area contributed by atoms with E-state index >= 15 is 0 Å². The van der Waals surface area contributed by atoms with Gasteiger partial charge in [-0.05, 0) is 25.1 Å². The maximum atomic E-state index is 4.48. The minimum absolute atomic E-state index is 0.443. The van der Waals surface area contributed by atoms with Gasteiger partial charge < -0.3 is 5.32 Å². The molecular weight excluding hydrogens is 260 g/mol. The summed E-state index contributed by atoms with van der Waals surface area (Å²) in [5, 5.41) is 3.46. The van der Waals surface area contributed by atoms with Crippen LogP contribution in [0.2, 0.25) is 0 Å². The van der Waals surface area contributed by atoms with Crippen molar-refractivity contribution in [3.05, 3.63) is 54.1 Å². The van der Waals surface area contributed by atoms with Crippen LogP contribution in [-0.2, 0) is 6.54 Å². The fraction of sp³-hybridized carbons (Fsp3) is 0.294. The Morgan fingerprint density at radius 2 is 2.00 bits per heavy atom. The van der Waals surface area contributed by atoms with Crippen LogP contribution in [-0.4, -0.2) is 20.6 Å². The molecule has 0 spiro atoms. The van der Waals surface area contributed by atoms with Gasteiger partial charge in [0.25, 0.3) is 0 Å². The van der Waals surface area contributed by atoms with E-state index in [1.165, 1.54) is 5.56 Å². The van der Waals surface area contributed by atoms with Gasteiger partial charge in [-0.15, -0.1) is 0 Å². The highest BCUT2D eigenvalue weighted by Gasteiger charge is 2.10. The first-order chi connectivity index (χ1) is 10.1. The highest BCUT2D eigenvalue weighted by atomic mass is 15.1. The lowest BCUT2D eigenvalue weighted by molar-refractivity contribution is 0.586. The van der Waals surface area contributed by atoms with E-state index in [-0.39, 0.29) is 0 Å². The molecule has 4 heteroatoms. The van der Waals surface area contributed by atoms with E-state index in [0.29, 0.717) is 6.04 Å². The number of nitrogens with zero attached hydrogens (tertiary/aromatic N) is 3. The number of aryl methyl sites for hydroxylation is 1. The van der Waals surface area contributed by atoms with Crippen molar-refractivity contribution < 1.29 is 0 Å². The fourth-order valence-electron chi connectivity index (χ4n) is 2.40. The molecule has 0 aliphatic carbocycles. The minimum atomic E-state index is 0.443. The molecule has 0 aliphatic heterocycles. The summed E-state index contributed by atoms with van der Waals surface area (Å²) in [7, 11) is 0. The van der Waals surface area contributed by atoms with Crippen LogP contribution in [0.15, 0.2) is 42.9 Å². The molecule has 1 N–H and O–H groups in total. The number of hydrogen-bond donors (Lipinski definition) is 1. The predicted octanol–water partition coefficient (Wildman–Crippen LogP) is 3.23. The second-order valence-corrected chi connectivity index (χ2v) is 5.59. The van der Waals surface area contributed by atoms with Crippen molar-refractivity contribution in [1.82, 2.24) is 19.9 Å². The zero-order chi connectivity index (χ0) is 14.8. The number of pyridine rings is 1. The Hall–Kier alpha value is -2.20. The van der Waals surface area contributed by atoms with Gasteiger partial charge in [-0.2, -0.15) is 0 Å². The number of para-hydroxylation sites is 2. The van der Waals surface area contributed by atoms with Crippen molar-refractivity contribution in [1.29, 1.82) is 0 Å². The molecule has 3 aromatic rings. The van der Waals surface area contributed by atoms with Crippen molar-refractivity contribution in [2.75, 3.05) is 0 Å². The van der Waals surface area contributed by atoms with Crippen molar-refractivity contribution in [3.8, 4) is 5.69 Å². The third-order valence-electron chi connectivity index (χ3n) is 3.51. The molecule has 3 rings (SSSR count). The van der Waals surface area contributed by atoms with Crippen molar-refractivity contribution >= 4 is 11.0 Å². The average molecular weight is 280 g/mol.